The van der Waals surface area contributed by atoms with Crippen molar-refractivity contribution in [3.8, 4) is 0 Å². The van der Waals surface area contributed by atoms with Crippen molar-refractivity contribution in [1.82, 2.24) is 9.55 Å². The average molecular weight is 323 g/mol. The predicted molar refractivity (Wildman–Crippen MR) is 87.9 cm³/mol. The summed E-state index contributed by atoms with van der Waals surface area (Å²) in [5, 5.41) is 0.631. The summed E-state index contributed by atoms with van der Waals surface area (Å²) < 4.78 is 2.33. The zero-order valence-corrected chi connectivity index (χ0v) is 13.7. The number of aromatic nitrogens is 2. The monoisotopic (exact) mass is 322 g/mol. The second kappa shape index (κ2) is 5.17. The van der Waals surface area contributed by atoms with E-state index < -0.39 is 0 Å². The number of rotatable bonds is 5. The van der Waals surface area contributed by atoms with Gasteiger partial charge in [-0.1, -0.05) is 17.7 Å². The highest BCUT2D eigenvalue weighted by molar-refractivity contribution is 6.35. The minimum atomic E-state index is -0.0903. The minimum absolute atomic E-state index is 0.0903. The second-order valence-corrected chi connectivity index (χ2v) is 7.70. The lowest BCUT2D eigenvalue weighted by molar-refractivity contribution is 0.348. The maximum Gasteiger partial charge on any atom is 0.127 e. The standard InChI is InChI=1S/C17H20Cl2N2/c1-10(18)17-20-16-14(19)3-2-4-15(16)21(17)9-13(11-5-6-11)12-7-8-12/h2-4,10-13H,5-9H2,1H3. The van der Waals surface area contributed by atoms with Crippen LogP contribution in [-0.4, -0.2) is 9.55 Å². The van der Waals surface area contributed by atoms with Gasteiger partial charge < -0.3 is 4.57 Å². The Kier molecular flexibility index (Phi) is 3.42. The van der Waals surface area contributed by atoms with E-state index >= 15 is 0 Å². The molecule has 0 aliphatic heterocycles. The van der Waals surface area contributed by atoms with Gasteiger partial charge in [0.15, 0.2) is 0 Å². The third-order valence-electron chi connectivity index (χ3n) is 4.96. The molecule has 1 unspecified atom stereocenters. The van der Waals surface area contributed by atoms with Crippen LogP contribution >= 0.6 is 23.2 Å². The molecular formula is C17H20Cl2N2. The van der Waals surface area contributed by atoms with Crippen LogP contribution in [0.1, 0.15) is 43.8 Å². The average Bonchev–Trinajstić information content (AvgIpc) is 3.34. The summed E-state index contributed by atoms with van der Waals surface area (Å²) in [6.45, 7) is 3.05. The lowest BCUT2D eigenvalue weighted by atomic mass is 9.97. The number of fused-ring (bicyclic) bond motifs is 1. The molecule has 4 heteroatoms. The maximum absolute atomic E-state index is 6.38. The van der Waals surface area contributed by atoms with Crippen molar-refractivity contribution in [3.05, 3.63) is 29.0 Å². The van der Waals surface area contributed by atoms with Gasteiger partial charge in [-0.15, -0.1) is 11.6 Å². The van der Waals surface area contributed by atoms with Crippen molar-refractivity contribution in [2.75, 3.05) is 0 Å². The highest BCUT2D eigenvalue weighted by Gasteiger charge is 2.41. The van der Waals surface area contributed by atoms with Crippen LogP contribution in [0.5, 0.6) is 0 Å². The van der Waals surface area contributed by atoms with Gasteiger partial charge in [-0.05, 0) is 62.5 Å². The topological polar surface area (TPSA) is 17.8 Å². The zero-order chi connectivity index (χ0) is 14.6. The van der Waals surface area contributed by atoms with E-state index in [1.54, 1.807) is 0 Å². The molecule has 0 radical (unpaired) electrons. The summed E-state index contributed by atoms with van der Waals surface area (Å²) in [7, 11) is 0. The van der Waals surface area contributed by atoms with Crippen molar-refractivity contribution in [2.24, 2.45) is 17.8 Å². The van der Waals surface area contributed by atoms with E-state index in [2.05, 4.69) is 10.6 Å². The van der Waals surface area contributed by atoms with Gasteiger partial charge in [0.25, 0.3) is 0 Å². The van der Waals surface area contributed by atoms with Crippen LogP contribution in [0.4, 0.5) is 0 Å². The smallest absolute Gasteiger partial charge is 0.127 e. The van der Waals surface area contributed by atoms with Crippen LogP contribution in [0, 0.1) is 17.8 Å². The van der Waals surface area contributed by atoms with Crippen molar-refractivity contribution in [2.45, 2.75) is 44.5 Å². The summed E-state index contributed by atoms with van der Waals surface area (Å²) in [6.07, 6.45) is 5.61. The fourth-order valence-electron chi connectivity index (χ4n) is 3.57. The molecule has 0 N–H and O–H groups in total. The van der Waals surface area contributed by atoms with E-state index in [-0.39, 0.29) is 5.38 Å². The third kappa shape index (κ3) is 2.57. The predicted octanol–water partition coefficient (Wildman–Crippen LogP) is 5.43. The Morgan fingerprint density at radius 3 is 2.48 bits per heavy atom. The Hall–Kier alpha value is -0.730. The van der Waals surface area contributed by atoms with Gasteiger partial charge in [0.2, 0.25) is 0 Å². The van der Waals surface area contributed by atoms with Crippen LogP contribution in [0.25, 0.3) is 11.0 Å². The molecule has 0 saturated heterocycles. The molecule has 2 aliphatic rings. The number of hydrogen-bond donors (Lipinski definition) is 0. The maximum atomic E-state index is 6.38. The molecule has 4 rings (SSSR count). The van der Waals surface area contributed by atoms with E-state index in [4.69, 9.17) is 28.2 Å². The highest BCUT2D eigenvalue weighted by atomic mass is 35.5. The second-order valence-electron chi connectivity index (χ2n) is 6.64. The van der Waals surface area contributed by atoms with Crippen molar-refractivity contribution in [1.29, 1.82) is 0 Å². The molecule has 1 aromatic heterocycles. The van der Waals surface area contributed by atoms with Gasteiger partial charge in [0.1, 0.15) is 11.3 Å². The van der Waals surface area contributed by atoms with Crippen LogP contribution in [-0.2, 0) is 6.54 Å². The fourth-order valence-corrected chi connectivity index (χ4v) is 3.95. The summed E-state index contributed by atoms with van der Waals surface area (Å²) in [5.41, 5.74) is 2.03. The number of alkyl halides is 1. The quantitative estimate of drug-likeness (QED) is 0.671. The first kappa shape index (κ1) is 13.9. The SMILES string of the molecule is CC(Cl)c1nc2c(Cl)cccc2n1CC(C1CC1)C1CC1. The third-order valence-corrected chi connectivity index (χ3v) is 5.46. The number of halogens is 2. The molecule has 112 valence electrons. The number of nitrogens with zero attached hydrogens (tertiary/aromatic N) is 2. The van der Waals surface area contributed by atoms with Crippen LogP contribution in [0.2, 0.25) is 5.02 Å². The zero-order valence-electron chi connectivity index (χ0n) is 12.2. The fraction of sp³-hybridized carbons (Fsp3) is 0.588. The van der Waals surface area contributed by atoms with E-state index in [9.17, 15) is 0 Å². The Balaban J connectivity index is 1.78. The Labute approximate surface area is 135 Å². The minimum Gasteiger partial charge on any atom is -0.326 e. The molecule has 2 fully saturated rings. The molecule has 0 amide bonds. The molecule has 21 heavy (non-hydrogen) atoms. The van der Waals surface area contributed by atoms with E-state index in [1.165, 1.54) is 25.7 Å². The molecule has 0 spiro atoms. The van der Waals surface area contributed by atoms with Crippen LogP contribution in [0.15, 0.2) is 18.2 Å². The molecular weight excluding hydrogens is 303 g/mol. The van der Waals surface area contributed by atoms with Crippen molar-refractivity contribution >= 4 is 34.2 Å². The number of imidazole rings is 1. The summed E-state index contributed by atoms with van der Waals surface area (Å²) >= 11 is 12.7. The van der Waals surface area contributed by atoms with E-state index in [1.807, 2.05) is 19.1 Å². The first-order valence-electron chi connectivity index (χ1n) is 7.94. The molecule has 2 aromatic rings. The van der Waals surface area contributed by atoms with Gasteiger partial charge in [0, 0.05) is 6.54 Å². The van der Waals surface area contributed by atoms with Gasteiger partial charge >= 0.3 is 0 Å². The number of hydrogen-bond acceptors (Lipinski definition) is 1. The largest absolute Gasteiger partial charge is 0.326 e. The van der Waals surface area contributed by atoms with E-state index in [0.29, 0.717) is 0 Å². The highest BCUT2D eigenvalue weighted by Crippen LogP contribution is 2.50. The molecule has 2 aliphatic carbocycles. The molecule has 2 saturated carbocycles. The van der Waals surface area contributed by atoms with Gasteiger partial charge in [-0.25, -0.2) is 4.98 Å². The molecule has 0 bridgehead atoms. The number of para-hydroxylation sites is 1. The molecule has 2 nitrogen and oxygen atoms in total. The van der Waals surface area contributed by atoms with Crippen LogP contribution < -0.4 is 0 Å². The van der Waals surface area contributed by atoms with Crippen molar-refractivity contribution < 1.29 is 0 Å². The number of benzene rings is 1. The lowest BCUT2D eigenvalue weighted by Crippen LogP contribution is -2.17. The Bertz CT molecular complexity index is 657. The molecule has 1 atom stereocenters. The van der Waals surface area contributed by atoms with Crippen molar-refractivity contribution in [3.63, 3.8) is 0 Å². The van der Waals surface area contributed by atoms with Gasteiger partial charge in [-0.2, -0.15) is 0 Å². The lowest BCUT2D eigenvalue weighted by Gasteiger charge is -2.19. The summed E-state index contributed by atoms with van der Waals surface area (Å²) in [4.78, 5) is 4.72. The van der Waals surface area contributed by atoms with Gasteiger partial charge in [-0.3, -0.25) is 0 Å². The Morgan fingerprint density at radius 2 is 1.90 bits per heavy atom. The Morgan fingerprint density at radius 1 is 1.24 bits per heavy atom. The van der Waals surface area contributed by atoms with E-state index in [0.717, 1.165) is 46.2 Å². The molecule has 1 aromatic carbocycles. The summed E-state index contributed by atoms with van der Waals surface area (Å²) in [5.74, 6) is 3.61. The first-order chi connectivity index (χ1) is 10.1. The molecule has 1 heterocycles. The van der Waals surface area contributed by atoms with Gasteiger partial charge in [0.05, 0.1) is 15.9 Å². The first-order valence-corrected chi connectivity index (χ1v) is 8.75. The van der Waals surface area contributed by atoms with Crippen LogP contribution in [0.3, 0.4) is 0 Å². The summed E-state index contributed by atoms with van der Waals surface area (Å²) in [6, 6.07) is 6.03. The normalized spacial score (nSPS) is 20.4.